The zero-order chi connectivity index (χ0) is 16.4. The molecular formula is C11H15N3O6S. The van der Waals surface area contributed by atoms with Gasteiger partial charge in [0.25, 0.3) is 5.69 Å². The van der Waals surface area contributed by atoms with Crippen molar-refractivity contribution >= 4 is 21.6 Å². The van der Waals surface area contributed by atoms with E-state index < -0.39 is 37.4 Å². The Morgan fingerprint density at radius 2 is 2.05 bits per heavy atom. The number of non-ortho nitro benzene ring substituents is 1. The molecule has 0 aliphatic rings. The van der Waals surface area contributed by atoms with Crippen LogP contribution in [0.4, 0.5) is 5.69 Å². The van der Waals surface area contributed by atoms with Gasteiger partial charge in [0.05, 0.1) is 17.4 Å². The number of benzene rings is 1. The van der Waals surface area contributed by atoms with Gasteiger partial charge in [-0.25, -0.2) is 13.6 Å². The smallest absolute Gasteiger partial charge is 0.271 e. The molecule has 116 valence electrons. The largest absolute Gasteiger partial charge is 0.491 e. The molecule has 0 aromatic heterocycles. The monoisotopic (exact) mass is 317 g/mol. The Morgan fingerprint density at radius 3 is 2.48 bits per heavy atom. The number of carbonyl (C=O) groups excluding carboxylic acids is 1. The number of primary sulfonamides is 1. The van der Waals surface area contributed by atoms with Gasteiger partial charge in [-0.05, 0) is 12.5 Å². The summed E-state index contributed by atoms with van der Waals surface area (Å²) in [7, 11) is -4.23. The highest BCUT2D eigenvalue weighted by molar-refractivity contribution is 7.89. The molecule has 0 radical (unpaired) electrons. The van der Waals surface area contributed by atoms with Gasteiger partial charge in [0.15, 0.2) is 0 Å². The van der Waals surface area contributed by atoms with E-state index in [0.29, 0.717) is 0 Å². The van der Waals surface area contributed by atoms with Crippen LogP contribution in [0.2, 0.25) is 0 Å². The van der Waals surface area contributed by atoms with Crippen LogP contribution in [0.15, 0.2) is 17.0 Å². The summed E-state index contributed by atoms with van der Waals surface area (Å²) >= 11 is 0. The van der Waals surface area contributed by atoms with Gasteiger partial charge in [0, 0.05) is 12.1 Å². The van der Waals surface area contributed by atoms with Gasteiger partial charge in [-0.15, -0.1) is 0 Å². The number of nitro groups is 1. The van der Waals surface area contributed by atoms with E-state index >= 15 is 0 Å². The van der Waals surface area contributed by atoms with E-state index in [1.54, 1.807) is 0 Å². The Hall–Kier alpha value is -2.20. The van der Waals surface area contributed by atoms with E-state index in [-0.39, 0.29) is 17.9 Å². The Bertz CT molecular complexity index is 685. The van der Waals surface area contributed by atoms with Crippen LogP contribution in [0.1, 0.15) is 12.5 Å². The second kappa shape index (κ2) is 6.06. The second-order valence-corrected chi connectivity index (χ2v) is 6.04. The fourth-order valence-corrected chi connectivity index (χ4v) is 2.28. The summed E-state index contributed by atoms with van der Waals surface area (Å²) in [6.07, 6.45) is 0. The van der Waals surface area contributed by atoms with Crippen molar-refractivity contribution in [3.63, 3.8) is 0 Å². The van der Waals surface area contributed by atoms with Crippen molar-refractivity contribution in [1.82, 2.24) is 0 Å². The molecule has 0 aliphatic carbocycles. The molecule has 1 amide bonds. The third-order valence-corrected chi connectivity index (χ3v) is 3.62. The maximum Gasteiger partial charge on any atom is 0.271 e. The van der Waals surface area contributed by atoms with Crippen LogP contribution in [0.3, 0.4) is 0 Å². The third-order valence-electron chi connectivity index (χ3n) is 2.71. The number of nitrogens with two attached hydrogens (primary N) is 2. The van der Waals surface area contributed by atoms with Gasteiger partial charge in [-0.3, -0.25) is 14.9 Å². The molecule has 0 spiro atoms. The molecule has 1 rings (SSSR count). The van der Waals surface area contributed by atoms with Crippen LogP contribution < -0.4 is 15.6 Å². The molecule has 0 fully saturated rings. The molecule has 1 unspecified atom stereocenters. The number of hydrogen-bond acceptors (Lipinski definition) is 6. The van der Waals surface area contributed by atoms with Crippen molar-refractivity contribution in [3.8, 4) is 5.75 Å². The number of carbonyl (C=O) groups is 1. The van der Waals surface area contributed by atoms with E-state index in [0.717, 1.165) is 12.1 Å². The third kappa shape index (κ3) is 4.13. The molecule has 21 heavy (non-hydrogen) atoms. The van der Waals surface area contributed by atoms with Crippen LogP contribution in [0, 0.1) is 23.0 Å². The lowest BCUT2D eigenvalue weighted by Gasteiger charge is -2.15. The summed E-state index contributed by atoms with van der Waals surface area (Å²) in [5, 5.41) is 15.8. The van der Waals surface area contributed by atoms with Crippen molar-refractivity contribution in [2.75, 3.05) is 6.61 Å². The SMILES string of the molecule is Cc1cc([N+](=O)[O-])cc(S(N)(=O)=O)c1OCC(C)C(N)=O. The minimum Gasteiger partial charge on any atom is -0.491 e. The van der Waals surface area contributed by atoms with Gasteiger partial charge < -0.3 is 10.5 Å². The standard InChI is InChI=1S/C11H15N3O6S/c1-6-3-8(14(16)17)4-9(21(13,18)19)10(6)20-5-7(2)11(12)15/h3-4,7H,5H2,1-2H3,(H2,12,15)(H2,13,18,19). The number of nitro benzene ring substituents is 1. The van der Waals surface area contributed by atoms with Crippen molar-refractivity contribution in [3.05, 3.63) is 27.8 Å². The van der Waals surface area contributed by atoms with Crippen LogP contribution in [-0.4, -0.2) is 25.9 Å². The van der Waals surface area contributed by atoms with E-state index in [1.807, 2.05) is 0 Å². The van der Waals surface area contributed by atoms with Gasteiger partial charge in [0.1, 0.15) is 10.6 Å². The Labute approximate surface area is 121 Å². The number of primary amides is 1. The highest BCUT2D eigenvalue weighted by Crippen LogP contribution is 2.32. The Kier molecular flexibility index (Phi) is 4.86. The molecule has 4 N–H and O–H groups in total. The van der Waals surface area contributed by atoms with E-state index in [4.69, 9.17) is 15.6 Å². The topological polar surface area (TPSA) is 156 Å². The highest BCUT2D eigenvalue weighted by Gasteiger charge is 2.23. The van der Waals surface area contributed by atoms with E-state index in [9.17, 15) is 23.3 Å². The summed E-state index contributed by atoms with van der Waals surface area (Å²) in [5.74, 6) is -1.41. The van der Waals surface area contributed by atoms with E-state index in [1.165, 1.54) is 13.8 Å². The zero-order valence-corrected chi connectivity index (χ0v) is 12.2. The second-order valence-electron chi connectivity index (χ2n) is 4.51. The van der Waals surface area contributed by atoms with Crippen LogP contribution in [-0.2, 0) is 14.8 Å². The van der Waals surface area contributed by atoms with Gasteiger partial charge in [0.2, 0.25) is 15.9 Å². The number of rotatable bonds is 6. The zero-order valence-electron chi connectivity index (χ0n) is 11.4. The maximum atomic E-state index is 11.5. The van der Waals surface area contributed by atoms with Crippen LogP contribution >= 0.6 is 0 Å². The minimum atomic E-state index is -4.23. The molecule has 1 atom stereocenters. The fraction of sp³-hybridized carbons (Fsp3) is 0.364. The Balaban J connectivity index is 3.30. The van der Waals surface area contributed by atoms with Crippen molar-refractivity contribution in [1.29, 1.82) is 0 Å². The number of hydrogen-bond donors (Lipinski definition) is 2. The first kappa shape index (κ1) is 16.9. The highest BCUT2D eigenvalue weighted by atomic mass is 32.2. The fourth-order valence-electron chi connectivity index (χ4n) is 1.52. The summed E-state index contributed by atoms with van der Waals surface area (Å²) in [6.45, 7) is 2.77. The van der Waals surface area contributed by atoms with Crippen molar-refractivity contribution in [2.24, 2.45) is 16.8 Å². The number of sulfonamides is 1. The average molecular weight is 317 g/mol. The molecular weight excluding hydrogens is 302 g/mol. The number of amides is 1. The van der Waals surface area contributed by atoms with Crippen LogP contribution in [0.5, 0.6) is 5.75 Å². The molecule has 10 heteroatoms. The number of nitrogens with zero attached hydrogens (tertiary/aromatic N) is 1. The summed E-state index contributed by atoms with van der Waals surface area (Å²) in [5.41, 5.74) is 4.86. The Morgan fingerprint density at radius 1 is 1.48 bits per heavy atom. The molecule has 0 bridgehead atoms. The normalized spacial score (nSPS) is 12.7. The van der Waals surface area contributed by atoms with Crippen LogP contribution in [0.25, 0.3) is 0 Å². The summed E-state index contributed by atoms with van der Waals surface area (Å²) < 4.78 is 28.4. The quantitative estimate of drug-likeness (QED) is 0.557. The first-order valence-corrected chi connectivity index (χ1v) is 7.32. The number of aryl methyl sites for hydroxylation is 1. The molecule has 1 aromatic carbocycles. The molecule has 0 saturated heterocycles. The van der Waals surface area contributed by atoms with Crippen molar-refractivity contribution < 1.29 is 22.9 Å². The van der Waals surface area contributed by atoms with Crippen molar-refractivity contribution in [2.45, 2.75) is 18.7 Å². The van der Waals surface area contributed by atoms with Gasteiger partial charge in [-0.2, -0.15) is 0 Å². The van der Waals surface area contributed by atoms with Gasteiger partial charge in [-0.1, -0.05) is 6.92 Å². The average Bonchev–Trinajstić information content (AvgIpc) is 2.34. The first-order chi connectivity index (χ1) is 9.54. The van der Waals surface area contributed by atoms with Gasteiger partial charge >= 0.3 is 0 Å². The minimum absolute atomic E-state index is 0.129. The summed E-state index contributed by atoms with van der Waals surface area (Å²) in [4.78, 5) is 20.5. The predicted molar refractivity (Wildman–Crippen MR) is 73.1 cm³/mol. The number of ether oxygens (including phenoxy) is 1. The molecule has 0 saturated carbocycles. The maximum absolute atomic E-state index is 11.5. The lowest BCUT2D eigenvalue weighted by Crippen LogP contribution is -2.26. The molecule has 1 aromatic rings. The summed E-state index contributed by atoms with van der Waals surface area (Å²) in [6, 6.07) is 1.96. The lowest BCUT2D eigenvalue weighted by atomic mass is 10.2. The first-order valence-electron chi connectivity index (χ1n) is 5.78. The molecule has 0 heterocycles. The predicted octanol–water partition coefficient (Wildman–Crippen LogP) is 0.0508. The molecule has 0 aliphatic heterocycles. The lowest BCUT2D eigenvalue weighted by molar-refractivity contribution is -0.385. The molecule has 9 nitrogen and oxygen atoms in total. The van der Waals surface area contributed by atoms with E-state index in [2.05, 4.69) is 0 Å².